The van der Waals surface area contributed by atoms with E-state index in [1.165, 1.54) is 7.11 Å². The summed E-state index contributed by atoms with van der Waals surface area (Å²) >= 11 is 0. The number of ether oxygens (including phenoxy) is 1. The third-order valence-electron chi connectivity index (χ3n) is 5.83. The van der Waals surface area contributed by atoms with Crippen LogP contribution in [0, 0.1) is 0 Å². The summed E-state index contributed by atoms with van der Waals surface area (Å²) in [5, 5.41) is 0. The van der Waals surface area contributed by atoms with Gasteiger partial charge in [-0.05, 0) is 41.0 Å². The summed E-state index contributed by atoms with van der Waals surface area (Å²) in [5.41, 5.74) is 3.96. The van der Waals surface area contributed by atoms with Gasteiger partial charge < -0.3 is 9.64 Å². The van der Waals surface area contributed by atoms with Crippen molar-refractivity contribution in [1.82, 2.24) is 4.90 Å². The highest BCUT2D eigenvalue weighted by Gasteiger charge is 2.29. The van der Waals surface area contributed by atoms with Gasteiger partial charge in [-0.15, -0.1) is 0 Å². The number of urea groups is 1. The number of hydrogen-bond donors (Lipinski definition) is 0. The van der Waals surface area contributed by atoms with Gasteiger partial charge in [-0.2, -0.15) is 0 Å². The fourth-order valence-electron chi connectivity index (χ4n) is 3.87. The van der Waals surface area contributed by atoms with E-state index in [0.717, 1.165) is 16.7 Å². The molecule has 0 aliphatic carbocycles. The topological polar surface area (TPSA) is 84.0 Å². The number of nitrogens with zero attached hydrogens (tertiary/aromatic N) is 2. The molecule has 176 valence electrons. The van der Waals surface area contributed by atoms with Crippen LogP contribution in [0.4, 0.5) is 10.5 Å². The van der Waals surface area contributed by atoms with Crippen molar-refractivity contribution in [2.75, 3.05) is 36.6 Å². The third-order valence-corrected chi connectivity index (χ3v) is 7.44. The minimum atomic E-state index is -3.11. The van der Waals surface area contributed by atoms with Crippen LogP contribution in [0.15, 0.2) is 78.9 Å². The van der Waals surface area contributed by atoms with Gasteiger partial charge in [0, 0.05) is 18.8 Å². The normalized spacial score (nSPS) is 14.9. The van der Waals surface area contributed by atoms with Gasteiger partial charge in [0.25, 0.3) is 0 Å². The van der Waals surface area contributed by atoms with Crippen LogP contribution in [-0.4, -0.2) is 57.0 Å². The van der Waals surface area contributed by atoms with Crippen molar-refractivity contribution in [3.05, 3.63) is 90.0 Å². The molecule has 0 spiro atoms. The number of anilines is 1. The average Bonchev–Trinajstić information content (AvgIpc) is 2.87. The van der Waals surface area contributed by atoms with Crippen LogP contribution in [0.3, 0.4) is 0 Å². The second-order valence-corrected chi connectivity index (χ2v) is 10.4. The Labute approximate surface area is 199 Å². The van der Waals surface area contributed by atoms with E-state index in [0.29, 0.717) is 11.3 Å². The van der Waals surface area contributed by atoms with Crippen molar-refractivity contribution in [1.29, 1.82) is 0 Å². The lowest BCUT2D eigenvalue weighted by Crippen LogP contribution is -2.49. The molecule has 1 aliphatic heterocycles. The van der Waals surface area contributed by atoms with Crippen LogP contribution in [0.5, 0.6) is 0 Å². The van der Waals surface area contributed by atoms with E-state index in [-0.39, 0.29) is 37.2 Å². The first kappa shape index (κ1) is 23.5. The van der Waals surface area contributed by atoms with Crippen molar-refractivity contribution in [2.45, 2.75) is 6.54 Å². The monoisotopic (exact) mass is 478 g/mol. The van der Waals surface area contributed by atoms with E-state index >= 15 is 0 Å². The molecule has 1 heterocycles. The van der Waals surface area contributed by atoms with E-state index < -0.39 is 15.8 Å². The zero-order valence-corrected chi connectivity index (χ0v) is 19.7. The van der Waals surface area contributed by atoms with Gasteiger partial charge in [-0.3, -0.25) is 4.90 Å². The van der Waals surface area contributed by atoms with Crippen molar-refractivity contribution in [3.63, 3.8) is 0 Å². The summed E-state index contributed by atoms with van der Waals surface area (Å²) in [5.74, 6) is -0.501. The molecule has 0 aromatic heterocycles. The Morgan fingerprint density at radius 2 is 1.53 bits per heavy atom. The fraction of sp³-hybridized carbons (Fsp3) is 0.231. The van der Waals surface area contributed by atoms with Gasteiger partial charge in [0.2, 0.25) is 0 Å². The molecule has 0 unspecified atom stereocenters. The maximum Gasteiger partial charge on any atom is 0.337 e. The summed E-state index contributed by atoms with van der Waals surface area (Å²) in [6.45, 7) is 0.594. The minimum absolute atomic E-state index is 0.0372. The first-order valence-electron chi connectivity index (χ1n) is 11.0. The standard InChI is InChI=1S/C26H26N2O5S/c1-33-25(29)22-12-10-20(11-13-22)19-28(26(30)27-14-16-34(31,32)17-15-27)24-9-5-8-23(18-24)21-6-3-2-4-7-21/h2-13,18H,14-17,19H2,1H3. The summed E-state index contributed by atoms with van der Waals surface area (Å²) < 4.78 is 28.5. The van der Waals surface area contributed by atoms with Gasteiger partial charge in [0.1, 0.15) is 0 Å². The second kappa shape index (κ2) is 10.1. The first-order chi connectivity index (χ1) is 16.4. The van der Waals surface area contributed by atoms with Crippen molar-refractivity contribution in [2.24, 2.45) is 0 Å². The molecular formula is C26H26N2O5S. The van der Waals surface area contributed by atoms with Crippen LogP contribution >= 0.6 is 0 Å². The van der Waals surface area contributed by atoms with Crippen molar-refractivity contribution in [3.8, 4) is 11.1 Å². The molecular weight excluding hydrogens is 452 g/mol. The summed E-state index contributed by atoms with van der Waals surface area (Å²) in [7, 11) is -1.78. The molecule has 0 saturated carbocycles. The van der Waals surface area contributed by atoms with E-state index in [4.69, 9.17) is 4.74 Å². The van der Waals surface area contributed by atoms with Crippen LogP contribution < -0.4 is 4.90 Å². The molecule has 3 aromatic carbocycles. The largest absolute Gasteiger partial charge is 0.465 e. The molecule has 7 nitrogen and oxygen atoms in total. The average molecular weight is 479 g/mol. The molecule has 1 fully saturated rings. The lowest BCUT2D eigenvalue weighted by molar-refractivity contribution is 0.0600. The Kier molecular flexibility index (Phi) is 6.98. The molecule has 8 heteroatoms. The molecule has 1 aliphatic rings. The summed E-state index contributed by atoms with van der Waals surface area (Å²) in [4.78, 5) is 28.6. The molecule has 0 atom stereocenters. The number of methoxy groups -OCH3 is 1. The molecule has 2 amide bonds. The Hall–Kier alpha value is -3.65. The van der Waals surface area contributed by atoms with E-state index in [1.807, 2.05) is 54.6 Å². The molecule has 1 saturated heterocycles. The Morgan fingerprint density at radius 1 is 0.882 bits per heavy atom. The van der Waals surface area contributed by atoms with Crippen molar-refractivity contribution < 1.29 is 22.7 Å². The quantitative estimate of drug-likeness (QED) is 0.518. The Balaban J connectivity index is 1.65. The molecule has 0 bridgehead atoms. The van der Waals surface area contributed by atoms with E-state index in [1.54, 1.807) is 34.1 Å². The van der Waals surface area contributed by atoms with Gasteiger partial charge >= 0.3 is 12.0 Å². The highest BCUT2D eigenvalue weighted by Crippen LogP contribution is 2.27. The number of esters is 1. The number of amides is 2. The number of carbonyl (C=O) groups excluding carboxylic acids is 2. The lowest BCUT2D eigenvalue weighted by Gasteiger charge is -2.33. The van der Waals surface area contributed by atoms with Gasteiger partial charge in [-0.1, -0.05) is 54.6 Å². The highest BCUT2D eigenvalue weighted by atomic mass is 32.2. The van der Waals surface area contributed by atoms with Crippen LogP contribution in [-0.2, 0) is 21.1 Å². The molecule has 0 radical (unpaired) electrons. The predicted molar refractivity (Wildman–Crippen MR) is 131 cm³/mol. The number of benzene rings is 3. The predicted octanol–water partition coefficient (Wildman–Crippen LogP) is 4.00. The first-order valence-corrected chi connectivity index (χ1v) is 12.8. The number of sulfone groups is 1. The van der Waals surface area contributed by atoms with Crippen LogP contribution in [0.25, 0.3) is 11.1 Å². The number of hydrogen-bond acceptors (Lipinski definition) is 5. The van der Waals surface area contributed by atoms with E-state index in [9.17, 15) is 18.0 Å². The maximum atomic E-state index is 13.6. The molecule has 34 heavy (non-hydrogen) atoms. The van der Waals surface area contributed by atoms with Crippen LogP contribution in [0.1, 0.15) is 15.9 Å². The highest BCUT2D eigenvalue weighted by molar-refractivity contribution is 7.91. The Bertz CT molecular complexity index is 1260. The summed E-state index contributed by atoms with van der Waals surface area (Å²) in [6, 6.07) is 24.2. The zero-order valence-electron chi connectivity index (χ0n) is 18.9. The van der Waals surface area contributed by atoms with Crippen molar-refractivity contribution >= 4 is 27.5 Å². The lowest BCUT2D eigenvalue weighted by atomic mass is 10.0. The smallest absolute Gasteiger partial charge is 0.337 e. The Morgan fingerprint density at radius 3 is 2.18 bits per heavy atom. The number of carbonyl (C=O) groups is 2. The van der Waals surface area contributed by atoms with Gasteiger partial charge in [0.15, 0.2) is 9.84 Å². The van der Waals surface area contributed by atoms with Gasteiger partial charge in [-0.25, -0.2) is 18.0 Å². The van der Waals surface area contributed by atoms with Crippen LogP contribution in [0.2, 0.25) is 0 Å². The van der Waals surface area contributed by atoms with E-state index in [2.05, 4.69) is 0 Å². The SMILES string of the molecule is COC(=O)c1ccc(CN(C(=O)N2CCS(=O)(=O)CC2)c2cccc(-c3ccccc3)c2)cc1. The van der Waals surface area contributed by atoms with Gasteiger partial charge in [0.05, 0.1) is 30.7 Å². The molecule has 4 rings (SSSR count). The molecule has 3 aromatic rings. The maximum absolute atomic E-state index is 13.6. The minimum Gasteiger partial charge on any atom is -0.465 e. The molecule has 0 N–H and O–H groups in total. The fourth-order valence-corrected chi connectivity index (χ4v) is 5.08. The third kappa shape index (κ3) is 5.46. The summed E-state index contributed by atoms with van der Waals surface area (Å²) in [6.07, 6.45) is 0. The zero-order chi connectivity index (χ0) is 24.1. The second-order valence-electron chi connectivity index (χ2n) is 8.11. The number of rotatable bonds is 5.